The number of nitrogens with one attached hydrogen (secondary N) is 1. The number of ether oxygens (including phenoxy) is 1. The van der Waals surface area contributed by atoms with E-state index in [2.05, 4.69) is 10.2 Å². The molecule has 0 atom stereocenters. The molecule has 2 fully saturated rings. The molecule has 1 saturated heterocycles. The standard InChI is InChI=1S/C20H30ClN3O2.ClH/c1-26-19-12-18(22)17(21)11-16(19)20(25)23-15-7-9-24(10-8-15)13-14-5-3-2-4-6-14;/h11-12,14-15H,2-10,13,22H2,1H3,(H,23,25);1H. The minimum atomic E-state index is -0.144. The number of nitrogens with zero attached hydrogens (tertiary/aromatic N) is 1. The number of hydrogen-bond acceptors (Lipinski definition) is 4. The fraction of sp³-hybridized carbons (Fsp3) is 0.650. The van der Waals surface area contributed by atoms with E-state index in [1.54, 1.807) is 12.1 Å². The minimum Gasteiger partial charge on any atom is -0.496 e. The van der Waals surface area contributed by atoms with Crippen LogP contribution in [0.15, 0.2) is 12.1 Å². The topological polar surface area (TPSA) is 67.6 Å². The number of rotatable bonds is 5. The van der Waals surface area contributed by atoms with Gasteiger partial charge in [-0.25, -0.2) is 0 Å². The Kier molecular flexibility index (Phi) is 8.52. The number of nitrogen functional groups attached to an aromatic ring is 1. The highest BCUT2D eigenvalue weighted by Gasteiger charge is 2.25. The van der Waals surface area contributed by atoms with Gasteiger partial charge in [0.05, 0.1) is 23.4 Å². The van der Waals surface area contributed by atoms with Crippen molar-refractivity contribution >= 4 is 35.6 Å². The van der Waals surface area contributed by atoms with E-state index in [9.17, 15) is 4.79 Å². The first-order valence-corrected chi connectivity index (χ1v) is 10.1. The Hall–Kier alpha value is -1.17. The quantitative estimate of drug-likeness (QED) is 0.709. The van der Waals surface area contributed by atoms with Gasteiger partial charge < -0.3 is 20.7 Å². The summed E-state index contributed by atoms with van der Waals surface area (Å²) in [7, 11) is 1.53. The lowest BCUT2D eigenvalue weighted by molar-refractivity contribution is 0.0898. The predicted molar refractivity (Wildman–Crippen MR) is 113 cm³/mol. The number of benzene rings is 1. The lowest BCUT2D eigenvalue weighted by Crippen LogP contribution is -2.46. The van der Waals surface area contributed by atoms with Crippen molar-refractivity contribution in [2.24, 2.45) is 5.92 Å². The highest BCUT2D eigenvalue weighted by Crippen LogP contribution is 2.29. The van der Waals surface area contributed by atoms with Gasteiger partial charge in [0.2, 0.25) is 0 Å². The highest BCUT2D eigenvalue weighted by atomic mass is 35.5. The van der Waals surface area contributed by atoms with Crippen LogP contribution in [-0.2, 0) is 0 Å². The van der Waals surface area contributed by atoms with E-state index in [0.29, 0.717) is 22.0 Å². The molecule has 1 aromatic carbocycles. The molecule has 27 heavy (non-hydrogen) atoms. The van der Waals surface area contributed by atoms with E-state index >= 15 is 0 Å². The molecule has 1 saturated carbocycles. The molecular formula is C20H31Cl2N3O2. The minimum absolute atomic E-state index is 0. The second-order valence-corrected chi connectivity index (χ2v) is 8.03. The molecule has 3 rings (SSSR count). The number of amides is 1. The molecule has 152 valence electrons. The summed E-state index contributed by atoms with van der Waals surface area (Å²) in [5.74, 6) is 1.18. The summed E-state index contributed by atoms with van der Waals surface area (Å²) in [4.78, 5) is 15.2. The van der Waals surface area contributed by atoms with Gasteiger partial charge in [-0.05, 0) is 37.7 Å². The number of hydrogen-bond donors (Lipinski definition) is 2. The number of carbonyl (C=O) groups excluding carboxylic acids is 1. The number of likely N-dealkylation sites (tertiary alicyclic amines) is 1. The molecule has 1 aliphatic carbocycles. The Morgan fingerprint density at radius 3 is 2.52 bits per heavy atom. The second-order valence-electron chi connectivity index (χ2n) is 7.63. The monoisotopic (exact) mass is 415 g/mol. The van der Waals surface area contributed by atoms with E-state index in [-0.39, 0.29) is 24.4 Å². The van der Waals surface area contributed by atoms with Crippen molar-refractivity contribution in [3.8, 4) is 5.75 Å². The van der Waals surface area contributed by atoms with Gasteiger partial charge in [-0.1, -0.05) is 30.9 Å². The number of methoxy groups -OCH3 is 1. The van der Waals surface area contributed by atoms with E-state index in [4.69, 9.17) is 22.1 Å². The molecular weight excluding hydrogens is 385 g/mol. The van der Waals surface area contributed by atoms with E-state index in [0.717, 1.165) is 31.8 Å². The van der Waals surface area contributed by atoms with Gasteiger partial charge in [0.1, 0.15) is 5.75 Å². The molecule has 1 heterocycles. The molecule has 0 radical (unpaired) electrons. The zero-order valence-corrected chi connectivity index (χ0v) is 17.6. The molecule has 0 spiro atoms. The summed E-state index contributed by atoms with van der Waals surface area (Å²) >= 11 is 6.07. The van der Waals surface area contributed by atoms with Crippen molar-refractivity contribution in [2.75, 3.05) is 32.5 Å². The van der Waals surface area contributed by atoms with Crippen LogP contribution in [0.1, 0.15) is 55.3 Å². The summed E-state index contributed by atoms with van der Waals surface area (Å²) < 4.78 is 5.29. The first-order chi connectivity index (χ1) is 12.6. The van der Waals surface area contributed by atoms with Gasteiger partial charge in [0.25, 0.3) is 5.91 Å². The van der Waals surface area contributed by atoms with Crippen molar-refractivity contribution in [1.29, 1.82) is 0 Å². The average molecular weight is 416 g/mol. The van der Waals surface area contributed by atoms with Gasteiger partial charge >= 0.3 is 0 Å². The third kappa shape index (κ3) is 5.90. The van der Waals surface area contributed by atoms with E-state index in [1.165, 1.54) is 45.8 Å². The zero-order valence-electron chi connectivity index (χ0n) is 16.0. The molecule has 1 amide bonds. The number of nitrogens with two attached hydrogens (primary N) is 1. The zero-order chi connectivity index (χ0) is 18.5. The summed E-state index contributed by atoms with van der Waals surface area (Å²) in [5, 5.41) is 3.51. The normalized spacial score (nSPS) is 19.3. The summed E-state index contributed by atoms with van der Waals surface area (Å²) in [6.07, 6.45) is 8.94. The second kappa shape index (κ2) is 10.4. The maximum absolute atomic E-state index is 12.7. The van der Waals surface area contributed by atoms with Gasteiger partial charge in [0, 0.05) is 31.7 Å². The summed E-state index contributed by atoms with van der Waals surface area (Å²) in [5.41, 5.74) is 6.65. The Labute approximate surface area is 173 Å². The first kappa shape index (κ1) is 22.1. The van der Waals surface area contributed by atoms with Crippen LogP contribution in [0, 0.1) is 5.92 Å². The molecule has 0 unspecified atom stereocenters. The van der Waals surface area contributed by atoms with Crippen LogP contribution in [0.2, 0.25) is 5.02 Å². The fourth-order valence-corrected chi connectivity index (χ4v) is 4.34. The van der Waals surface area contributed by atoms with E-state index in [1.807, 2.05) is 0 Å². The first-order valence-electron chi connectivity index (χ1n) is 9.73. The van der Waals surface area contributed by atoms with Crippen LogP contribution < -0.4 is 15.8 Å². The summed E-state index contributed by atoms with van der Waals surface area (Å²) in [6.45, 7) is 3.34. The Bertz CT molecular complexity index is 628. The number of piperidine rings is 1. The lowest BCUT2D eigenvalue weighted by Gasteiger charge is -2.35. The summed E-state index contributed by atoms with van der Waals surface area (Å²) in [6, 6.07) is 3.39. The number of halogens is 2. The van der Waals surface area contributed by atoms with Crippen molar-refractivity contribution in [3.05, 3.63) is 22.7 Å². The SMILES string of the molecule is COc1cc(N)c(Cl)cc1C(=O)NC1CCN(CC2CCCCC2)CC1.Cl. The fourth-order valence-electron chi connectivity index (χ4n) is 4.17. The van der Waals surface area contributed by atoms with Gasteiger partial charge in [-0.15, -0.1) is 12.4 Å². The van der Waals surface area contributed by atoms with E-state index < -0.39 is 0 Å². The molecule has 0 bridgehead atoms. The molecule has 1 aliphatic heterocycles. The lowest BCUT2D eigenvalue weighted by atomic mass is 9.88. The maximum Gasteiger partial charge on any atom is 0.255 e. The van der Waals surface area contributed by atoms with Crippen molar-refractivity contribution < 1.29 is 9.53 Å². The van der Waals surface area contributed by atoms with Gasteiger partial charge in [-0.2, -0.15) is 0 Å². The third-order valence-electron chi connectivity index (χ3n) is 5.73. The van der Waals surface area contributed by atoms with Crippen LogP contribution in [0.25, 0.3) is 0 Å². The van der Waals surface area contributed by atoms with Crippen LogP contribution in [0.4, 0.5) is 5.69 Å². The molecule has 1 aromatic rings. The Balaban J connectivity index is 0.00000261. The van der Waals surface area contributed by atoms with Gasteiger partial charge in [-0.3, -0.25) is 4.79 Å². The highest BCUT2D eigenvalue weighted by molar-refractivity contribution is 6.33. The number of anilines is 1. The molecule has 2 aliphatic rings. The predicted octanol–water partition coefficient (Wildman–Crippen LogP) is 4.13. The van der Waals surface area contributed by atoms with Crippen molar-refractivity contribution in [1.82, 2.24) is 10.2 Å². The van der Waals surface area contributed by atoms with Crippen LogP contribution in [0.5, 0.6) is 5.75 Å². The molecule has 5 nitrogen and oxygen atoms in total. The van der Waals surface area contributed by atoms with Crippen LogP contribution >= 0.6 is 24.0 Å². The maximum atomic E-state index is 12.7. The Morgan fingerprint density at radius 2 is 1.89 bits per heavy atom. The van der Waals surface area contributed by atoms with Crippen molar-refractivity contribution in [2.45, 2.75) is 51.0 Å². The van der Waals surface area contributed by atoms with Gasteiger partial charge in [0.15, 0.2) is 0 Å². The largest absolute Gasteiger partial charge is 0.496 e. The molecule has 7 heteroatoms. The molecule has 3 N–H and O–H groups in total. The smallest absolute Gasteiger partial charge is 0.255 e. The average Bonchev–Trinajstić information content (AvgIpc) is 2.66. The van der Waals surface area contributed by atoms with Crippen molar-refractivity contribution in [3.63, 3.8) is 0 Å². The van der Waals surface area contributed by atoms with Crippen LogP contribution in [0.3, 0.4) is 0 Å². The number of carbonyl (C=O) groups is 1. The third-order valence-corrected chi connectivity index (χ3v) is 6.05. The molecule has 0 aromatic heterocycles. The van der Waals surface area contributed by atoms with Crippen LogP contribution in [-0.4, -0.2) is 43.6 Å². The Morgan fingerprint density at radius 1 is 1.22 bits per heavy atom.